The lowest BCUT2D eigenvalue weighted by Crippen LogP contribution is -2.64. The summed E-state index contributed by atoms with van der Waals surface area (Å²) in [5.41, 5.74) is 0.989. The Labute approximate surface area is 184 Å². The Kier molecular flexibility index (Phi) is 6.16. The lowest BCUT2D eigenvalue weighted by molar-refractivity contribution is 0.0277. The lowest BCUT2D eigenvalue weighted by atomic mass is 9.74. The topological polar surface area (TPSA) is 44.4 Å². The monoisotopic (exact) mass is 413 g/mol. The number of hydrogen-bond acceptors (Lipinski definition) is 3. The molecular weight excluding hydrogens is 370 g/mol. The van der Waals surface area contributed by atoms with Crippen LogP contribution in [0.1, 0.15) is 91.4 Å². The van der Waals surface area contributed by atoms with Crippen molar-refractivity contribution in [1.82, 2.24) is 15.5 Å². The minimum atomic E-state index is 0.00823. The van der Waals surface area contributed by atoms with Crippen LogP contribution >= 0.6 is 0 Å². The first-order chi connectivity index (χ1) is 13.7. The molecule has 0 bridgehead atoms. The van der Waals surface area contributed by atoms with E-state index >= 15 is 0 Å². The summed E-state index contributed by atoms with van der Waals surface area (Å²) in [7, 11) is 0. The zero-order chi connectivity index (χ0) is 22.4. The predicted octanol–water partition coefficient (Wildman–Crippen LogP) is 4.99. The van der Waals surface area contributed by atoms with E-state index in [1.54, 1.807) is 0 Å². The highest BCUT2D eigenvalue weighted by molar-refractivity contribution is 5.94. The van der Waals surface area contributed by atoms with Crippen LogP contribution in [0.15, 0.2) is 30.3 Å². The van der Waals surface area contributed by atoms with Gasteiger partial charge in [-0.15, -0.1) is 0 Å². The van der Waals surface area contributed by atoms with E-state index in [9.17, 15) is 4.79 Å². The Morgan fingerprint density at radius 3 is 1.70 bits per heavy atom. The molecule has 0 aliphatic carbocycles. The van der Waals surface area contributed by atoms with Crippen molar-refractivity contribution in [3.8, 4) is 0 Å². The molecule has 2 aliphatic rings. The van der Waals surface area contributed by atoms with Crippen LogP contribution in [-0.4, -0.2) is 45.5 Å². The zero-order valence-corrected chi connectivity index (χ0v) is 20.4. The van der Waals surface area contributed by atoms with Crippen LogP contribution in [0.4, 0.5) is 0 Å². The quantitative estimate of drug-likeness (QED) is 0.730. The number of hydrogen-bond donors (Lipinski definition) is 2. The molecule has 2 aliphatic heterocycles. The van der Waals surface area contributed by atoms with Gasteiger partial charge in [-0.1, -0.05) is 18.2 Å². The number of carbonyl (C=O) groups excluding carboxylic acids is 1. The molecule has 30 heavy (non-hydrogen) atoms. The predicted molar refractivity (Wildman–Crippen MR) is 126 cm³/mol. The molecule has 0 unspecified atom stereocenters. The fourth-order valence-electron chi connectivity index (χ4n) is 6.57. The van der Waals surface area contributed by atoms with Crippen LogP contribution in [0.3, 0.4) is 0 Å². The van der Waals surface area contributed by atoms with Crippen molar-refractivity contribution in [2.75, 3.05) is 6.54 Å². The number of nitrogens with one attached hydrogen (secondary N) is 2. The molecule has 2 fully saturated rings. The average Bonchev–Trinajstić information content (AvgIpc) is 2.54. The van der Waals surface area contributed by atoms with Gasteiger partial charge < -0.3 is 15.5 Å². The summed E-state index contributed by atoms with van der Waals surface area (Å²) in [5, 5.41) is 7.57. The van der Waals surface area contributed by atoms with Crippen molar-refractivity contribution in [3.63, 3.8) is 0 Å². The molecule has 2 N–H and O–H groups in total. The maximum absolute atomic E-state index is 13.8. The van der Waals surface area contributed by atoms with Gasteiger partial charge in [0.25, 0.3) is 5.91 Å². The van der Waals surface area contributed by atoms with E-state index in [4.69, 9.17) is 0 Å². The van der Waals surface area contributed by atoms with Gasteiger partial charge in [0.05, 0.1) is 0 Å². The molecule has 0 spiro atoms. The van der Waals surface area contributed by atoms with Crippen molar-refractivity contribution < 1.29 is 4.79 Å². The standard InChI is InChI=1S/C26H43N3O/c1-23(2)14-19(15-24(3,4)27-23)18-29(22(30)20-12-10-9-11-13-20)21-16-25(5,6)28-26(7,8)17-21/h9-13,19,21,27-28H,14-18H2,1-8H3. The number of rotatable bonds is 4. The fourth-order valence-corrected chi connectivity index (χ4v) is 6.57. The van der Waals surface area contributed by atoms with Crippen molar-refractivity contribution in [2.24, 2.45) is 5.92 Å². The molecule has 0 aromatic heterocycles. The summed E-state index contributed by atoms with van der Waals surface area (Å²) in [4.78, 5) is 16.0. The molecule has 2 heterocycles. The maximum atomic E-state index is 13.8. The average molecular weight is 414 g/mol. The highest BCUT2D eigenvalue weighted by atomic mass is 16.2. The number of amides is 1. The van der Waals surface area contributed by atoms with Crippen LogP contribution in [-0.2, 0) is 0 Å². The highest BCUT2D eigenvalue weighted by Gasteiger charge is 2.44. The Balaban J connectivity index is 1.91. The summed E-state index contributed by atoms with van der Waals surface area (Å²) < 4.78 is 0. The zero-order valence-electron chi connectivity index (χ0n) is 20.4. The molecule has 0 radical (unpaired) electrons. The Morgan fingerprint density at radius 1 is 0.800 bits per heavy atom. The van der Waals surface area contributed by atoms with E-state index in [1.165, 1.54) is 0 Å². The van der Waals surface area contributed by atoms with Gasteiger partial charge in [0.15, 0.2) is 0 Å². The number of nitrogens with zero attached hydrogens (tertiary/aromatic N) is 1. The van der Waals surface area contributed by atoms with E-state index in [2.05, 4.69) is 70.9 Å². The first kappa shape index (κ1) is 23.3. The second-order valence-electron chi connectivity index (χ2n) is 12.4. The number of piperidine rings is 2. The van der Waals surface area contributed by atoms with Crippen molar-refractivity contribution >= 4 is 5.91 Å². The van der Waals surface area contributed by atoms with Crippen LogP contribution in [0, 0.1) is 5.92 Å². The van der Waals surface area contributed by atoms with Gasteiger partial charge in [0.2, 0.25) is 0 Å². The molecular formula is C26H43N3O. The summed E-state index contributed by atoms with van der Waals surface area (Å²) in [5.74, 6) is 0.674. The van der Waals surface area contributed by atoms with E-state index in [-0.39, 0.29) is 34.1 Å². The minimum absolute atomic E-state index is 0.00823. The van der Waals surface area contributed by atoms with Crippen LogP contribution < -0.4 is 10.6 Å². The maximum Gasteiger partial charge on any atom is 0.254 e. The minimum Gasteiger partial charge on any atom is -0.335 e. The van der Waals surface area contributed by atoms with Gasteiger partial charge in [-0.25, -0.2) is 0 Å². The van der Waals surface area contributed by atoms with E-state index < -0.39 is 0 Å². The number of benzene rings is 1. The SMILES string of the molecule is CC1(C)CC(CN(C(=O)c2ccccc2)C2CC(C)(C)NC(C)(C)C2)CC(C)(C)N1. The van der Waals surface area contributed by atoms with Gasteiger partial charge in [-0.3, -0.25) is 4.79 Å². The normalized spacial score (nSPS) is 25.6. The smallest absolute Gasteiger partial charge is 0.254 e. The van der Waals surface area contributed by atoms with Gasteiger partial charge in [0, 0.05) is 40.3 Å². The second kappa shape index (κ2) is 7.94. The fraction of sp³-hybridized carbons (Fsp3) is 0.731. The second-order valence-corrected chi connectivity index (χ2v) is 12.4. The highest BCUT2D eigenvalue weighted by Crippen LogP contribution is 2.37. The molecule has 1 aromatic rings. The summed E-state index contributed by atoms with van der Waals surface area (Å²) in [6.07, 6.45) is 4.14. The van der Waals surface area contributed by atoms with E-state index in [0.29, 0.717) is 5.92 Å². The van der Waals surface area contributed by atoms with Gasteiger partial charge in [-0.05, 0) is 99.1 Å². The Hall–Kier alpha value is -1.39. The molecule has 3 rings (SSSR count). The summed E-state index contributed by atoms with van der Waals surface area (Å²) in [6.45, 7) is 19.1. The molecule has 0 saturated carbocycles. The third-order valence-corrected chi connectivity index (χ3v) is 6.62. The van der Waals surface area contributed by atoms with Crippen LogP contribution in [0.5, 0.6) is 0 Å². The van der Waals surface area contributed by atoms with Crippen molar-refractivity contribution in [1.29, 1.82) is 0 Å². The summed E-state index contributed by atoms with van der Waals surface area (Å²) >= 11 is 0. The Morgan fingerprint density at radius 2 is 1.23 bits per heavy atom. The third-order valence-electron chi connectivity index (χ3n) is 6.62. The third kappa shape index (κ3) is 5.85. The molecule has 1 amide bonds. The van der Waals surface area contributed by atoms with Gasteiger partial charge in [0.1, 0.15) is 0 Å². The molecule has 4 heteroatoms. The van der Waals surface area contributed by atoms with Gasteiger partial charge in [-0.2, -0.15) is 0 Å². The van der Waals surface area contributed by atoms with Crippen molar-refractivity contribution in [3.05, 3.63) is 35.9 Å². The molecule has 1 aromatic carbocycles. The van der Waals surface area contributed by atoms with Crippen LogP contribution in [0.2, 0.25) is 0 Å². The molecule has 2 saturated heterocycles. The first-order valence-corrected chi connectivity index (χ1v) is 11.6. The first-order valence-electron chi connectivity index (χ1n) is 11.6. The van der Waals surface area contributed by atoms with Crippen molar-refractivity contribution in [2.45, 2.75) is 109 Å². The lowest BCUT2D eigenvalue weighted by Gasteiger charge is -2.52. The van der Waals surface area contributed by atoms with Gasteiger partial charge >= 0.3 is 0 Å². The molecule has 0 atom stereocenters. The summed E-state index contributed by atoms with van der Waals surface area (Å²) in [6, 6.07) is 10.1. The van der Waals surface area contributed by atoms with E-state index in [1.807, 2.05) is 30.3 Å². The largest absolute Gasteiger partial charge is 0.335 e. The Bertz CT molecular complexity index is 719. The van der Waals surface area contributed by atoms with Crippen LogP contribution in [0.25, 0.3) is 0 Å². The molecule has 168 valence electrons. The van der Waals surface area contributed by atoms with E-state index in [0.717, 1.165) is 37.8 Å². The molecule has 4 nitrogen and oxygen atoms in total. The number of carbonyl (C=O) groups is 1.